The molecule has 2 rings (SSSR count). The molecule has 0 saturated carbocycles. The predicted molar refractivity (Wildman–Crippen MR) is 53.8 cm³/mol. The van der Waals surface area contributed by atoms with Crippen molar-refractivity contribution in [2.24, 2.45) is 0 Å². The van der Waals surface area contributed by atoms with Crippen LogP contribution in [0.25, 0.3) is 10.9 Å². The summed E-state index contributed by atoms with van der Waals surface area (Å²) >= 11 is 5.87. The van der Waals surface area contributed by atoms with E-state index in [2.05, 4.69) is 9.97 Å². The lowest BCUT2D eigenvalue weighted by molar-refractivity contribution is 0.476. The van der Waals surface area contributed by atoms with Gasteiger partial charge in [0.2, 0.25) is 0 Å². The maximum atomic E-state index is 11.4. The molecule has 14 heavy (non-hydrogen) atoms. The number of aromatic nitrogens is 2. The van der Waals surface area contributed by atoms with Crippen LogP contribution in [0.2, 0.25) is 5.02 Å². The van der Waals surface area contributed by atoms with Crippen molar-refractivity contribution in [3.63, 3.8) is 0 Å². The monoisotopic (exact) mass is 210 g/mol. The van der Waals surface area contributed by atoms with Gasteiger partial charge >= 0.3 is 0 Å². The van der Waals surface area contributed by atoms with E-state index in [4.69, 9.17) is 11.6 Å². The standard InChI is InChI=1S/C9H7ClN2O2/c1-4-2-5(10)6-7(8(4)13)11-3-12-9(6)14/h2-3,13H,1H3,(H,11,12,14). The summed E-state index contributed by atoms with van der Waals surface area (Å²) in [5, 5.41) is 10.1. The highest BCUT2D eigenvalue weighted by Crippen LogP contribution is 2.29. The Hall–Kier alpha value is -1.55. The van der Waals surface area contributed by atoms with Gasteiger partial charge in [0.1, 0.15) is 11.3 Å². The summed E-state index contributed by atoms with van der Waals surface area (Å²) in [6.45, 7) is 1.70. The number of nitrogens with zero attached hydrogens (tertiary/aromatic N) is 1. The summed E-state index contributed by atoms with van der Waals surface area (Å²) in [5.41, 5.74) is 0.481. The first kappa shape index (κ1) is 9.02. The molecule has 2 aromatic rings. The fourth-order valence-electron chi connectivity index (χ4n) is 1.32. The van der Waals surface area contributed by atoms with E-state index in [-0.39, 0.29) is 22.2 Å². The second-order valence-electron chi connectivity index (χ2n) is 2.98. The number of aromatic hydroxyl groups is 1. The molecular formula is C9H7ClN2O2. The normalized spacial score (nSPS) is 10.7. The van der Waals surface area contributed by atoms with Crippen molar-refractivity contribution in [2.75, 3.05) is 0 Å². The number of benzene rings is 1. The molecular weight excluding hydrogens is 204 g/mol. The fourth-order valence-corrected chi connectivity index (χ4v) is 1.66. The van der Waals surface area contributed by atoms with Crippen LogP contribution in [-0.2, 0) is 0 Å². The molecule has 4 nitrogen and oxygen atoms in total. The Morgan fingerprint density at radius 1 is 1.57 bits per heavy atom. The van der Waals surface area contributed by atoms with Crippen LogP contribution in [0, 0.1) is 6.92 Å². The first-order valence-corrected chi connectivity index (χ1v) is 4.34. The molecule has 0 spiro atoms. The molecule has 0 aliphatic carbocycles. The van der Waals surface area contributed by atoms with Gasteiger partial charge in [-0.3, -0.25) is 4.79 Å². The van der Waals surface area contributed by atoms with Gasteiger partial charge in [0.05, 0.1) is 16.7 Å². The van der Waals surface area contributed by atoms with Gasteiger partial charge in [-0.05, 0) is 18.6 Å². The maximum absolute atomic E-state index is 11.4. The van der Waals surface area contributed by atoms with Gasteiger partial charge in [-0.2, -0.15) is 0 Å². The zero-order chi connectivity index (χ0) is 10.3. The number of halogens is 1. The molecule has 0 fully saturated rings. The summed E-state index contributed by atoms with van der Waals surface area (Å²) in [4.78, 5) is 17.6. The van der Waals surface area contributed by atoms with Crippen molar-refractivity contribution < 1.29 is 5.11 Å². The Labute approximate surface area is 84.2 Å². The number of hydrogen-bond acceptors (Lipinski definition) is 3. The van der Waals surface area contributed by atoms with Gasteiger partial charge in [-0.15, -0.1) is 0 Å². The minimum Gasteiger partial charge on any atom is -0.505 e. The molecule has 0 atom stereocenters. The first-order chi connectivity index (χ1) is 6.61. The van der Waals surface area contributed by atoms with E-state index in [0.29, 0.717) is 10.6 Å². The molecule has 2 N–H and O–H groups in total. The SMILES string of the molecule is Cc1cc(Cl)c2c(=O)[nH]cnc2c1O. The van der Waals surface area contributed by atoms with E-state index in [0.717, 1.165) is 0 Å². The number of aryl methyl sites for hydroxylation is 1. The Morgan fingerprint density at radius 3 is 3.00 bits per heavy atom. The van der Waals surface area contributed by atoms with E-state index >= 15 is 0 Å². The average Bonchev–Trinajstić information content (AvgIpc) is 2.14. The average molecular weight is 211 g/mol. The largest absolute Gasteiger partial charge is 0.505 e. The lowest BCUT2D eigenvalue weighted by Gasteiger charge is -2.03. The number of nitrogens with one attached hydrogen (secondary N) is 1. The minimum absolute atomic E-state index is 0.00417. The van der Waals surface area contributed by atoms with Crippen molar-refractivity contribution >= 4 is 22.5 Å². The lowest BCUT2D eigenvalue weighted by Crippen LogP contribution is -2.07. The van der Waals surface area contributed by atoms with Crippen LogP contribution in [0.3, 0.4) is 0 Å². The van der Waals surface area contributed by atoms with Crippen LogP contribution in [-0.4, -0.2) is 15.1 Å². The van der Waals surface area contributed by atoms with Gasteiger partial charge < -0.3 is 10.1 Å². The van der Waals surface area contributed by atoms with Crippen LogP contribution in [0.5, 0.6) is 5.75 Å². The zero-order valence-corrected chi connectivity index (χ0v) is 8.09. The highest BCUT2D eigenvalue weighted by molar-refractivity contribution is 6.35. The second-order valence-corrected chi connectivity index (χ2v) is 3.39. The van der Waals surface area contributed by atoms with Crippen LogP contribution in [0.4, 0.5) is 0 Å². The summed E-state index contributed by atoms with van der Waals surface area (Å²) < 4.78 is 0. The van der Waals surface area contributed by atoms with Gasteiger partial charge in [-0.25, -0.2) is 4.98 Å². The van der Waals surface area contributed by atoms with Crippen LogP contribution >= 0.6 is 11.6 Å². The molecule has 5 heteroatoms. The van der Waals surface area contributed by atoms with Crippen LogP contribution in [0.1, 0.15) is 5.56 Å². The van der Waals surface area contributed by atoms with Crippen molar-refractivity contribution in [1.82, 2.24) is 9.97 Å². The molecule has 0 amide bonds. The third kappa shape index (κ3) is 1.15. The van der Waals surface area contributed by atoms with E-state index < -0.39 is 0 Å². The maximum Gasteiger partial charge on any atom is 0.260 e. The lowest BCUT2D eigenvalue weighted by atomic mass is 10.1. The van der Waals surface area contributed by atoms with Crippen LogP contribution in [0.15, 0.2) is 17.2 Å². The van der Waals surface area contributed by atoms with Crippen molar-refractivity contribution in [1.29, 1.82) is 0 Å². The second kappa shape index (κ2) is 2.99. The zero-order valence-electron chi connectivity index (χ0n) is 7.34. The highest BCUT2D eigenvalue weighted by atomic mass is 35.5. The van der Waals surface area contributed by atoms with Crippen molar-refractivity contribution in [2.45, 2.75) is 6.92 Å². The minimum atomic E-state index is -0.352. The summed E-state index contributed by atoms with van der Waals surface area (Å²) in [5.74, 6) is -0.00417. The molecule has 0 radical (unpaired) electrons. The number of phenols is 1. The summed E-state index contributed by atoms with van der Waals surface area (Å²) in [6.07, 6.45) is 1.24. The third-order valence-corrected chi connectivity index (χ3v) is 2.33. The highest BCUT2D eigenvalue weighted by Gasteiger charge is 2.11. The summed E-state index contributed by atoms with van der Waals surface area (Å²) in [6, 6.07) is 1.54. The van der Waals surface area contributed by atoms with Gasteiger partial charge in [0.25, 0.3) is 5.56 Å². The molecule has 0 saturated heterocycles. The Bertz CT molecular complexity index is 562. The van der Waals surface area contributed by atoms with Gasteiger partial charge in [0, 0.05) is 0 Å². The summed E-state index contributed by atoms with van der Waals surface area (Å²) in [7, 11) is 0. The van der Waals surface area contributed by atoms with E-state index in [1.54, 1.807) is 6.92 Å². The Balaban J connectivity index is 3.10. The van der Waals surface area contributed by atoms with Crippen LogP contribution < -0.4 is 5.56 Å². The fraction of sp³-hybridized carbons (Fsp3) is 0.111. The van der Waals surface area contributed by atoms with E-state index in [1.165, 1.54) is 12.4 Å². The van der Waals surface area contributed by atoms with E-state index in [9.17, 15) is 9.90 Å². The number of aromatic amines is 1. The first-order valence-electron chi connectivity index (χ1n) is 3.96. The molecule has 0 aliphatic heterocycles. The smallest absolute Gasteiger partial charge is 0.260 e. The number of H-pyrrole nitrogens is 1. The Morgan fingerprint density at radius 2 is 2.29 bits per heavy atom. The molecule has 1 heterocycles. The van der Waals surface area contributed by atoms with Crippen molar-refractivity contribution in [3.05, 3.63) is 33.3 Å². The van der Waals surface area contributed by atoms with Gasteiger partial charge in [-0.1, -0.05) is 11.6 Å². The topological polar surface area (TPSA) is 66.0 Å². The van der Waals surface area contributed by atoms with E-state index in [1.807, 2.05) is 0 Å². The third-order valence-electron chi connectivity index (χ3n) is 2.03. The Kier molecular flexibility index (Phi) is 1.93. The molecule has 0 bridgehead atoms. The van der Waals surface area contributed by atoms with Gasteiger partial charge in [0.15, 0.2) is 0 Å². The van der Waals surface area contributed by atoms with Crippen molar-refractivity contribution in [3.8, 4) is 5.75 Å². The molecule has 0 aliphatic rings. The quantitative estimate of drug-likeness (QED) is 0.694. The number of fused-ring (bicyclic) bond motifs is 1. The molecule has 72 valence electrons. The molecule has 1 aromatic carbocycles. The number of hydrogen-bond donors (Lipinski definition) is 2. The molecule has 0 unspecified atom stereocenters. The molecule has 1 aromatic heterocycles. The number of rotatable bonds is 0. The predicted octanol–water partition coefficient (Wildman–Crippen LogP) is 1.59. The number of phenolic OH excluding ortho intramolecular Hbond substituents is 1.